The van der Waals surface area contributed by atoms with Crippen molar-refractivity contribution in [2.24, 2.45) is 5.73 Å². The largest absolute Gasteiger partial charge is 0.508 e. The smallest absolute Gasteiger partial charge is 0.338 e. The van der Waals surface area contributed by atoms with Crippen molar-refractivity contribution >= 4 is 11.8 Å². The monoisotopic (exact) mass is 223 g/mol. The number of esters is 1. The van der Waals surface area contributed by atoms with E-state index in [0.29, 0.717) is 0 Å². The molecule has 0 aliphatic carbocycles. The van der Waals surface area contributed by atoms with E-state index in [2.05, 4.69) is 4.74 Å². The van der Waals surface area contributed by atoms with Gasteiger partial charge in [0, 0.05) is 0 Å². The zero-order chi connectivity index (χ0) is 12.3. The van der Waals surface area contributed by atoms with Crippen LogP contribution < -0.4 is 5.73 Å². The van der Waals surface area contributed by atoms with Crippen molar-refractivity contribution in [3.8, 4) is 5.75 Å². The lowest BCUT2D eigenvalue weighted by atomic mass is 9.87. The summed E-state index contributed by atoms with van der Waals surface area (Å²) in [6.07, 6.45) is 0. The summed E-state index contributed by atoms with van der Waals surface area (Å²) in [4.78, 5) is 23.0. The summed E-state index contributed by atoms with van der Waals surface area (Å²) in [5.41, 5.74) is 4.23. The van der Waals surface area contributed by atoms with Crippen LogP contribution in [0.5, 0.6) is 5.75 Å². The normalized spacial score (nSPS) is 13.9. The number of carbonyl (C=O) groups excluding carboxylic acids is 2. The third kappa shape index (κ3) is 1.90. The molecule has 1 atom stereocenters. The van der Waals surface area contributed by atoms with Crippen molar-refractivity contribution in [3.05, 3.63) is 29.8 Å². The predicted octanol–water partition coefficient (Wildman–Crippen LogP) is 0.308. The average molecular weight is 223 g/mol. The van der Waals surface area contributed by atoms with E-state index >= 15 is 0 Å². The topological polar surface area (TPSA) is 89.6 Å². The molecule has 1 unspecified atom stereocenters. The number of Topliss-reactive ketones (excluding diaryl/α,β-unsaturated/α-hetero) is 1. The number of ketones is 1. The van der Waals surface area contributed by atoms with Crippen LogP contribution in [0.4, 0.5) is 0 Å². The molecule has 0 aliphatic heterocycles. The number of benzene rings is 1. The maximum atomic E-state index is 11.5. The van der Waals surface area contributed by atoms with Crippen LogP contribution in [-0.2, 0) is 19.9 Å². The predicted molar refractivity (Wildman–Crippen MR) is 56.7 cm³/mol. The minimum Gasteiger partial charge on any atom is -0.508 e. The molecule has 0 heterocycles. The van der Waals surface area contributed by atoms with Gasteiger partial charge >= 0.3 is 5.97 Å². The molecule has 0 saturated heterocycles. The van der Waals surface area contributed by atoms with E-state index < -0.39 is 17.3 Å². The fourth-order valence-corrected chi connectivity index (χ4v) is 1.35. The quantitative estimate of drug-likeness (QED) is 0.568. The summed E-state index contributed by atoms with van der Waals surface area (Å²) in [7, 11) is 1.16. The van der Waals surface area contributed by atoms with Gasteiger partial charge in [0.1, 0.15) is 5.75 Å². The van der Waals surface area contributed by atoms with Crippen LogP contribution in [-0.4, -0.2) is 24.0 Å². The molecule has 0 aliphatic rings. The Hall–Kier alpha value is -1.88. The van der Waals surface area contributed by atoms with Crippen molar-refractivity contribution in [1.82, 2.24) is 0 Å². The van der Waals surface area contributed by atoms with Gasteiger partial charge in [0.2, 0.25) is 0 Å². The minimum atomic E-state index is -1.82. The van der Waals surface area contributed by atoms with Crippen LogP contribution in [0.2, 0.25) is 0 Å². The van der Waals surface area contributed by atoms with Crippen LogP contribution in [0.1, 0.15) is 12.5 Å². The van der Waals surface area contributed by atoms with Crippen LogP contribution in [0.25, 0.3) is 0 Å². The van der Waals surface area contributed by atoms with Gasteiger partial charge in [0.15, 0.2) is 11.3 Å². The first-order valence-electron chi connectivity index (χ1n) is 4.60. The second-order valence-electron chi connectivity index (χ2n) is 3.40. The molecular weight excluding hydrogens is 210 g/mol. The number of aromatic hydroxyl groups is 1. The van der Waals surface area contributed by atoms with Crippen molar-refractivity contribution in [3.63, 3.8) is 0 Å². The van der Waals surface area contributed by atoms with Gasteiger partial charge in [0.25, 0.3) is 0 Å². The second-order valence-corrected chi connectivity index (χ2v) is 3.40. The third-order valence-corrected chi connectivity index (χ3v) is 2.39. The van der Waals surface area contributed by atoms with Crippen LogP contribution in [0.3, 0.4) is 0 Å². The fourth-order valence-electron chi connectivity index (χ4n) is 1.35. The molecule has 16 heavy (non-hydrogen) atoms. The van der Waals surface area contributed by atoms with Gasteiger partial charge in [-0.2, -0.15) is 0 Å². The standard InChI is InChI=1S/C11H13NO4/c1-7(13)11(12,10(15)16-2)8-3-5-9(14)6-4-8/h3-6,14H,12H2,1-2H3. The fraction of sp³-hybridized carbons (Fsp3) is 0.273. The lowest BCUT2D eigenvalue weighted by Crippen LogP contribution is -2.51. The molecule has 1 aromatic rings. The Balaban J connectivity index is 3.27. The maximum Gasteiger partial charge on any atom is 0.338 e. The Bertz CT molecular complexity index is 412. The number of carbonyl (C=O) groups is 2. The number of rotatable bonds is 3. The second kappa shape index (κ2) is 4.32. The van der Waals surface area contributed by atoms with Gasteiger partial charge in [-0.3, -0.25) is 4.79 Å². The molecule has 0 radical (unpaired) electrons. The van der Waals surface area contributed by atoms with Crippen LogP contribution in [0.15, 0.2) is 24.3 Å². The summed E-state index contributed by atoms with van der Waals surface area (Å²) < 4.78 is 4.51. The van der Waals surface area contributed by atoms with Gasteiger partial charge in [-0.15, -0.1) is 0 Å². The number of ether oxygens (including phenoxy) is 1. The van der Waals surface area contributed by atoms with Crippen molar-refractivity contribution < 1.29 is 19.4 Å². The Kier molecular flexibility index (Phi) is 3.29. The highest BCUT2D eigenvalue weighted by molar-refractivity contribution is 6.07. The molecule has 0 spiro atoms. The summed E-state index contributed by atoms with van der Waals surface area (Å²) in [6, 6.07) is 5.52. The highest BCUT2D eigenvalue weighted by Gasteiger charge is 2.42. The molecule has 0 amide bonds. The molecule has 0 bridgehead atoms. The van der Waals surface area contributed by atoms with Crippen molar-refractivity contribution in [2.75, 3.05) is 7.11 Å². The Morgan fingerprint density at radius 3 is 2.19 bits per heavy atom. The molecule has 5 heteroatoms. The number of phenols is 1. The Labute approximate surface area is 92.8 Å². The minimum absolute atomic E-state index is 0.0273. The third-order valence-electron chi connectivity index (χ3n) is 2.39. The molecule has 86 valence electrons. The van der Waals surface area contributed by atoms with Gasteiger partial charge in [-0.25, -0.2) is 4.79 Å². The number of nitrogens with two attached hydrogens (primary N) is 1. The highest BCUT2D eigenvalue weighted by atomic mass is 16.5. The molecule has 5 nitrogen and oxygen atoms in total. The lowest BCUT2D eigenvalue weighted by Gasteiger charge is -2.23. The first kappa shape index (κ1) is 12.2. The maximum absolute atomic E-state index is 11.5. The van der Waals surface area contributed by atoms with Crippen LogP contribution in [0, 0.1) is 0 Å². The molecule has 1 aromatic carbocycles. The Morgan fingerprint density at radius 1 is 1.31 bits per heavy atom. The van der Waals surface area contributed by atoms with Gasteiger partial charge in [0.05, 0.1) is 7.11 Å². The molecule has 1 rings (SSSR count). The van der Waals surface area contributed by atoms with E-state index in [1.807, 2.05) is 0 Å². The number of hydrogen-bond acceptors (Lipinski definition) is 5. The number of hydrogen-bond donors (Lipinski definition) is 2. The molecule has 3 N–H and O–H groups in total. The highest BCUT2D eigenvalue weighted by Crippen LogP contribution is 2.23. The molecule has 0 saturated carbocycles. The lowest BCUT2D eigenvalue weighted by molar-refractivity contribution is -0.151. The molecular formula is C11H13NO4. The van der Waals surface area contributed by atoms with Crippen molar-refractivity contribution in [1.29, 1.82) is 0 Å². The molecule has 0 aromatic heterocycles. The SMILES string of the molecule is COC(=O)C(N)(C(C)=O)c1ccc(O)cc1. The van der Waals surface area contributed by atoms with Gasteiger partial charge in [-0.1, -0.05) is 12.1 Å². The van der Waals surface area contributed by atoms with E-state index in [1.54, 1.807) is 0 Å². The Morgan fingerprint density at radius 2 is 1.81 bits per heavy atom. The average Bonchev–Trinajstić information content (AvgIpc) is 2.27. The van der Waals surface area contributed by atoms with E-state index in [4.69, 9.17) is 10.8 Å². The number of phenolic OH excluding ortho intramolecular Hbond substituents is 1. The van der Waals surface area contributed by atoms with Gasteiger partial charge < -0.3 is 15.6 Å². The summed E-state index contributed by atoms with van der Waals surface area (Å²) in [6.45, 7) is 1.21. The first-order valence-corrected chi connectivity index (χ1v) is 4.60. The van der Waals surface area contributed by atoms with E-state index in [9.17, 15) is 9.59 Å². The summed E-state index contributed by atoms with van der Waals surface area (Å²) in [5.74, 6) is -1.32. The first-order chi connectivity index (χ1) is 7.42. The zero-order valence-corrected chi connectivity index (χ0v) is 9.06. The van der Waals surface area contributed by atoms with E-state index in [0.717, 1.165) is 7.11 Å². The summed E-state index contributed by atoms with van der Waals surface area (Å²) >= 11 is 0. The number of methoxy groups -OCH3 is 1. The van der Waals surface area contributed by atoms with E-state index in [-0.39, 0.29) is 11.3 Å². The van der Waals surface area contributed by atoms with Crippen LogP contribution >= 0.6 is 0 Å². The van der Waals surface area contributed by atoms with E-state index in [1.165, 1.54) is 31.2 Å². The molecule has 0 fully saturated rings. The van der Waals surface area contributed by atoms with Gasteiger partial charge in [-0.05, 0) is 24.6 Å². The van der Waals surface area contributed by atoms with Crippen molar-refractivity contribution in [2.45, 2.75) is 12.5 Å². The summed E-state index contributed by atoms with van der Waals surface area (Å²) in [5, 5.41) is 9.11. The zero-order valence-electron chi connectivity index (χ0n) is 9.06.